The minimum atomic E-state index is -3.63. The monoisotopic (exact) mass is 424 g/mol. The molecule has 0 unspecified atom stereocenters. The second kappa shape index (κ2) is 9.00. The first-order valence-electron chi connectivity index (χ1n) is 9.38. The fraction of sp³-hybridized carbons (Fsp3) is 0.174. The number of para-hydroxylation sites is 2. The minimum Gasteiger partial charge on any atom is -0.457 e. The van der Waals surface area contributed by atoms with Crippen LogP contribution in [0.1, 0.15) is 5.56 Å². The number of aryl methyl sites for hydroxylation is 1. The highest BCUT2D eigenvalue weighted by Gasteiger charge is 2.24. The highest BCUT2D eigenvalue weighted by molar-refractivity contribution is 7.92. The lowest BCUT2D eigenvalue weighted by molar-refractivity contribution is -0.116. The molecule has 3 aromatic carbocycles. The smallest absolute Gasteiger partial charge is 0.247 e. The maximum Gasteiger partial charge on any atom is 0.247 e. The van der Waals surface area contributed by atoms with Crippen molar-refractivity contribution in [2.75, 3.05) is 29.1 Å². The molecule has 0 heterocycles. The summed E-state index contributed by atoms with van der Waals surface area (Å²) in [4.78, 5) is 14.3. The molecule has 0 bridgehead atoms. The summed E-state index contributed by atoms with van der Waals surface area (Å²) in [5.41, 5.74) is 1.91. The fourth-order valence-corrected chi connectivity index (χ4v) is 3.87. The van der Waals surface area contributed by atoms with Crippen LogP contribution in [0.15, 0.2) is 78.9 Å². The van der Waals surface area contributed by atoms with E-state index < -0.39 is 10.0 Å². The highest BCUT2D eigenvalue weighted by Crippen LogP contribution is 2.25. The second-order valence-electron chi connectivity index (χ2n) is 6.92. The second-order valence-corrected chi connectivity index (χ2v) is 8.82. The van der Waals surface area contributed by atoms with E-state index in [9.17, 15) is 13.2 Å². The Morgan fingerprint density at radius 1 is 0.867 bits per heavy atom. The SMILES string of the molecule is Cc1ccccc1N(CC(=O)N(C)c1ccc(Oc2ccccc2)cc1)S(C)(=O)=O. The number of hydrogen-bond acceptors (Lipinski definition) is 4. The van der Waals surface area contributed by atoms with Crippen molar-refractivity contribution >= 4 is 27.3 Å². The largest absolute Gasteiger partial charge is 0.457 e. The van der Waals surface area contributed by atoms with E-state index in [2.05, 4.69) is 0 Å². The van der Waals surface area contributed by atoms with Gasteiger partial charge in [0.05, 0.1) is 11.9 Å². The van der Waals surface area contributed by atoms with Gasteiger partial charge in [0.15, 0.2) is 0 Å². The fourth-order valence-electron chi connectivity index (χ4n) is 2.96. The van der Waals surface area contributed by atoms with Crippen molar-refractivity contribution in [1.29, 1.82) is 0 Å². The van der Waals surface area contributed by atoms with Crippen LogP contribution < -0.4 is 13.9 Å². The number of likely N-dealkylation sites (N-methyl/N-ethyl adjacent to an activating group) is 1. The third-order valence-corrected chi connectivity index (χ3v) is 5.77. The first-order chi connectivity index (χ1) is 14.3. The Hall–Kier alpha value is -3.32. The van der Waals surface area contributed by atoms with Gasteiger partial charge >= 0.3 is 0 Å². The highest BCUT2D eigenvalue weighted by atomic mass is 32.2. The van der Waals surface area contributed by atoms with Gasteiger partial charge in [-0.3, -0.25) is 9.10 Å². The molecule has 0 aromatic heterocycles. The van der Waals surface area contributed by atoms with Crippen molar-refractivity contribution in [3.8, 4) is 11.5 Å². The first kappa shape index (κ1) is 21.4. The molecule has 0 spiro atoms. The Bertz CT molecular complexity index is 1110. The number of anilines is 2. The number of benzene rings is 3. The Morgan fingerprint density at radius 2 is 1.43 bits per heavy atom. The zero-order valence-corrected chi connectivity index (χ0v) is 18.0. The molecule has 156 valence electrons. The van der Waals surface area contributed by atoms with Crippen LogP contribution in [0.25, 0.3) is 0 Å². The molecule has 0 radical (unpaired) electrons. The van der Waals surface area contributed by atoms with Gasteiger partial charge in [0.2, 0.25) is 15.9 Å². The van der Waals surface area contributed by atoms with Gasteiger partial charge in [0, 0.05) is 12.7 Å². The van der Waals surface area contributed by atoms with Gasteiger partial charge in [0.25, 0.3) is 0 Å². The van der Waals surface area contributed by atoms with Crippen LogP contribution in [0.4, 0.5) is 11.4 Å². The van der Waals surface area contributed by atoms with E-state index in [1.165, 1.54) is 4.90 Å². The number of rotatable bonds is 7. The zero-order valence-electron chi connectivity index (χ0n) is 17.1. The zero-order chi connectivity index (χ0) is 21.7. The summed E-state index contributed by atoms with van der Waals surface area (Å²) < 4.78 is 31.6. The van der Waals surface area contributed by atoms with Crippen LogP contribution in [0.5, 0.6) is 11.5 Å². The summed E-state index contributed by atoms with van der Waals surface area (Å²) in [6, 6.07) is 23.5. The van der Waals surface area contributed by atoms with E-state index in [-0.39, 0.29) is 12.5 Å². The van der Waals surface area contributed by atoms with E-state index in [4.69, 9.17) is 4.74 Å². The van der Waals surface area contributed by atoms with Crippen molar-refractivity contribution in [3.63, 3.8) is 0 Å². The van der Waals surface area contributed by atoms with Gasteiger partial charge in [-0.05, 0) is 55.0 Å². The minimum absolute atomic E-state index is 0.289. The molecule has 7 heteroatoms. The van der Waals surface area contributed by atoms with E-state index in [0.717, 1.165) is 21.9 Å². The molecule has 0 aliphatic carbocycles. The lowest BCUT2D eigenvalue weighted by Gasteiger charge is -2.26. The van der Waals surface area contributed by atoms with Crippen LogP contribution in [0, 0.1) is 6.92 Å². The molecule has 0 saturated carbocycles. The van der Waals surface area contributed by atoms with Gasteiger partial charge < -0.3 is 9.64 Å². The van der Waals surface area contributed by atoms with Crippen molar-refractivity contribution in [2.24, 2.45) is 0 Å². The van der Waals surface area contributed by atoms with Gasteiger partial charge in [0.1, 0.15) is 18.0 Å². The van der Waals surface area contributed by atoms with E-state index in [0.29, 0.717) is 17.1 Å². The summed E-state index contributed by atoms with van der Waals surface area (Å²) in [7, 11) is -2.01. The van der Waals surface area contributed by atoms with Crippen molar-refractivity contribution in [2.45, 2.75) is 6.92 Å². The number of nitrogens with zero attached hydrogens (tertiary/aromatic N) is 2. The van der Waals surface area contributed by atoms with Crippen LogP contribution in [-0.2, 0) is 14.8 Å². The molecule has 6 nitrogen and oxygen atoms in total. The van der Waals surface area contributed by atoms with E-state index in [1.54, 1.807) is 43.4 Å². The lowest BCUT2D eigenvalue weighted by atomic mass is 10.2. The normalized spacial score (nSPS) is 11.0. The topological polar surface area (TPSA) is 66.9 Å². The van der Waals surface area contributed by atoms with Crippen molar-refractivity contribution < 1.29 is 17.9 Å². The van der Waals surface area contributed by atoms with Crippen LogP contribution in [0.2, 0.25) is 0 Å². The lowest BCUT2D eigenvalue weighted by Crippen LogP contribution is -2.41. The number of hydrogen-bond donors (Lipinski definition) is 0. The van der Waals surface area contributed by atoms with Gasteiger partial charge in [-0.1, -0.05) is 36.4 Å². The molecule has 0 saturated heterocycles. The van der Waals surface area contributed by atoms with Gasteiger partial charge in [-0.25, -0.2) is 8.42 Å². The number of carbonyl (C=O) groups excluding carboxylic acids is 1. The van der Waals surface area contributed by atoms with Crippen LogP contribution >= 0.6 is 0 Å². The number of amides is 1. The molecule has 0 aliphatic rings. The molecule has 0 atom stereocenters. The molecule has 3 rings (SSSR count). The summed E-state index contributed by atoms with van der Waals surface area (Å²) in [6.45, 7) is 1.52. The van der Waals surface area contributed by atoms with Crippen molar-refractivity contribution in [1.82, 2.24) is 0 Å². The predicted octanol–water partition coefficient (Wildman–Crippen LogP) is 4.22. The van der Waals surface area contributed by atoms with Crippen molar-refractivity contribution in [3.05, 3.63) is 84.4 Å². The Labute approximate surface area is 177 Å². The van der Waals surface area contributed by atoms with E-state index >= 15 is 0 Å². The standard InChI is InChI=1S/C23H24N2O4S/c1-18-9-7-8-12-22(18)25(30(3,27)28)17-23(26)24(2)19-13-15-21(16-14-19)29-20-10-5-4-6-11-20/h4-16H,17H2,1-3H3. The Balaban J connectivity index is 1.75. The number of carbonyl (C=O) groups is 1. The molecule has 0 N–H and O–H groups in total. The molecule has 0 aliphatic heterocycles. The number of ether oxygens (including phenoxy) is 1. The average Bonchev–Trinajstić information content (AvgIpc) is 2.72. The average molecular weight is 425 g/mol. The van der Waals surface area contributed by atoms with Gasteiger partial charge in [-0.2, -0.15) is 0 Å². The molecule has 0 fully saturated rings. The molecule has 1 amide bonds. The summed E-state index contributed by atoms with van der Waals surface area (Å²) in [5, 5.41) is 0. The quantitative estimate of drug-likeness (QED) is 0.570. The third kappa shape index (κ3) is 5.18. The van der Waals surface area contributed by atoms with E-state index in [1.807, 2.05) is 49.4 Å². The molecule has 30 heavy (non-hydrogen) atoms. The summed E-state index contributed by atoms with van der Waals surface area (Å²) in [5.74, 6) is 1.01. The summed E-state index contributed by atoms with van der Waals surface area (Å²) in [6.07, 6.45) is 1.10. The third-order valence-electron chi connectivity index (χ3n) is 4.64. The number of sulfonamides is 1. The predicted molar refractivity (Wildman–Crippen MR) is 120 cm³/mol. The van der Waals surface area contributed by atoms with Gasteiger partial charge in [-0.15, -0.1) is 0 Å². The maximum atomic E-state index is 12.8. The Morgan fingerprint density at radius 3 is 2.03 bits per heavy atom. The molecular weight excluding hydrogens is 400 g/mol. The van der Waals surface area contributed by atoms with Crippen LogP contribution in [-0.4, -0.2) is 34.2 Å². The summed E-state index contributed by atoms with van der Waals surface area (Å²) >= 11 is 0. The molecular formula is C23H24N2O4S. The first-order valence-corrected chi connectivity index (χ1v) is 11.2. The molecule has 3 aromatic rings. The maximum absolute atomic E-state index is 12.8. The van der Waals surface area contributed by atoms with Crippen LogP contribution in [0.3, 0.4) is 0 Å². The Kier molecular flexibility index (Phi) is 6.42.